The Balaban J connectivity index is 1.40. The van der Waals surface area contributed by atoms with Crippen molar-refractivity contribution in [3.05, 3.63) is 34.8 Å². The average molecular weight is 372 g/mol. The molecule has 1 aromatic carbocycles. The normalized spacial score (nSPS) is 21.2. The molecule has 2 aromatic heterocycles. The summed E-state index contributed by atoms with van der Waals surface area (Å²) in [6.07, 6.45) is 0.450. The lowest BCUT2D eigenvalue weighted by Gasteiger charge is -2.34. The SMILES string of the molecule is C[C@@H]1CN(Cc2csc(NC(=O)c3ccc4n[nH]nc4c3)n2)C[C@H](C)O1. The van der Waals surface area contributed by atoms with Crippen LogP contribution in [0.5, 0.6) is 0 Å². The van der Waals surface area contributed by atoms with E-state index in [4.69, 9.17) is 4.74 Å². The zero-order chi connectivity index (χ0) is 18.1. The molecule has 9 heteroatoms. The number of thiazole rings is 1. The first-order valence-corrected chi connectivity index (χ1v) is 9.39. The Labute approximate surface area is 154 Å². The van der Waals surface area contributed by atoms with E-state index < -0.39 is 0 Å². The van der Waals surface area contributed by atoms with Crippen LogP contribution in [-0.4, -0.2) is 56.5 Å². The summed E-state index contributed by atoms with van der Waals surface area (Å²) >= 11 is 1.43. The predicted molar refractivity (Wildman–Crippen MR) is 99.2 cm³/mol. The van der Waals surface area contributed by atoms with Gasteiger partial charge in [-0.1, -0.05) is 0 Å². The zero-order valence-corrected chi connectivity index (χ0v) is 15.4. The lowest BCUT2D eigenvalue weighted by atomic mass is 10.2. The number of hydrogen-bond donors (Lipinski definition) is 2. The fourth-order valence-corrected chi connectivity index (χ4v) is 3.93. The van der Waals surface area contributed by atoms with Crippen LogP contribution in [0.3, 0.4) is 0 Å². The van der Waals surface area contributed by atoms with Crippen LogP contribution in [0.4, 0.5) is 5.13 Å². The minimum absolute atomic E-state index is 0.204. The number of aromatic nitrogens is 4. The number of aromatic amines is 1. The van der Waals surface area contributed by atoms with Crippen molar-refractivity contribution in [1.82, 2.24) is 25.3 Å². The van der Waals surface area contributed by atoms with Crippen molar-refractivity contribution in [2.75, 3.05) is 18.4 Å². The van der Waals surface area contributed by atoms with Gasteiger partial charge in [0.15, 0.2) is 5.13 Å². The van der Waals surface area contributed by atoms with Gasteiger partial charge in [0.05, 0.1) is 17.9 Å². The summed E-state index contributed by atoms with van der Waals surface area (Å²) in [4.78, 5) is 19.3. The van der Waals surface area contributed by atoms with E-state index >= 15 is 0 Å². The number of benzene rings is 1. The van der Waals surface area contributed by atoms with E-state index in [0.29, 0.717) is 16.2 Å². The van der Waals surface area contributed by atoms with Gasteiger partial charge in [-0.3, -0.25) is 15.0 Å². The highest BCUT2D eigenvalue weighted by molar-refractivity contribution is 7.13. The molecule has 0 radical (unpaired) electrons. The number of nitrogens with zero attached hydrogens (tertiary/aromatic N) is 4. The van der Waals surface area contributed by atoms with E-state index in [9.17, 15) is 4.79 Å². The lowest BCUT2D eigenvalue weighted by molar-refractivity contribution is -0.0707. The number of carbonyl (C=O) groups excluding carboxylic acids is 1. The van der Waals surface area contributed by atoms with Gasteiger partial charge >= 0.3 is 0 Å². The van der Waals surface area contributed by atoms with Gasteiger partial charge in [0.2, 0.25) is 0 Å². The van der Waals surface area contributed by atoms with Crippen molar-refractivity contribution in [2.45, 2.75) is 32.6 Å². The van der Waals surface area contributed by atoms with Gasteiger partial charge in [-0.2, -0.15) is 15.4 Å². The molecule has 8 nitrogen and oxygen atoms in total. The summed E-state index contributed by atoms with van der Waals surface area (Å²) in [5.41, 5.74) is 2.87. The molecule has 0 aliphatic carbocycles. The fraction of sp³-hybridized carbons (Fsp3) is 0.412. The van der Waals surface area contributed by atoms with Gasteiger partial charge in [0.25, 0.3) is 5.91 Å². The molecular formula is C17H20N6O2S. The monoisotopic (exact) mass is 372 g/mol. The third kappa shape index (κ3) is 3.74. The Kier molecular flexibility index (Phi) is 4.66. The summed E-state index contributed by atoms with van der Waals surface area (Å²) < 4.78 is 5.76. The van der Waals surface area contributed by atoms with Gasteiger partial charge in [-0.05, 0) is 32.0 Å². The van der Waals surface area contributed by atoms with Crippen molar-refractivity contribution in [3.8, 4) is 0 Å². The topological polar surface area (TPSA) is 96.0 Å². The maximum Gasteiger partial charge on any atom is 0.257 e. The third-order valence-electron chi connectivity index (χ3n) is 4.23. The van der Waals surface area contributed by atoms with E-state index in [1.54, 1.807) is 18.2 Å². The molecule has 2 atom stereocenters. The summed E-state index contributed by atoms with van der Waals surface area (Å²) in [5.74, 6) is -0.204. The average Bonchev–Trinajstić information content (AvgIpc) is 3.22. The minimum Gasteiger partial charge on any atom is -0.373 e. The largest absolute Gasteiger partial charge is 0.373 e. The molecule has 26 heavy (non-hydrogen) atoms. The molecule has 1 aliphatic heterocycles. The number of rotatable bonds is 4. The second-order valence-corrected chi connectivity index (χ2v) is 7.43. The van der Waals surface area contributed by atoms with Crippen molar-refractivity contribution < 1.29 is 9.53 Å². The zero-order valence-electron chi connectivity index (χ0n) is 14.6. The number of hydrogen-bond acceptors (Lipinski definition) is 7. The molecule has 4 rings (SSSR count). The van der Waals surface area contributed by atoms with Gasteiger partial charge in [-0.15, -0.1) is 11.3 Å². The van der Waals surface area contributed by atoms with Gasteiger partial charge < -0.3 is 4.74 Å². The van der Waals surface area contributed by atoms with Gasteiger partial charge in [0, 0.05) is 30.6 Å². The molecule has 3 aromatic rings. The molecule has 2 N–H and O–H groups in total. The minimum atomic E-state index is -0.204. The van der Waals surface area contributed by atoms with E-state index in [1.807, 2.05) is 5.38 Å². The van der Waals surface area contributed by atoms with Crippen LogP contribution in [0.25, 0.3) is 11.0 Å². The van der Waals surface area contributed by atoms with Crippen LogP contribution in [-0.2, 0) is 11.3 Å². The van der Waals surface area contributed by atoms with Gasteiger partial charge in [0.1, 0.15) is 11.0 Å². The second kappa shape index (κ2) is 7.10. The van der Waals surface area contributed by atoms with E-state index in [-0.39, 0.29) is 18.1 Å². The predicted octanol–water partition coefficient (Wildman–Crippen LogP) is 2.28. The van der Waals surface area contributed by atoms with Crippen LogP contribution in [0.2, 0.25) is 0 Å². The highest BCUT2D eigenvalue weighted by atomic mass is 32.1. The molecule has 0 bridgehead atoms. The molecule has 0 unspecified atom stereocenters. The van der Waals surface area contributed by atoms with Crippen molar-refractivity contribution in [1.29, 1.82) is 0 Å². The Morgan fingerprint density at radius 1 is 1.31 bits per heavy atom. The number of ether oxygens (including phenoxy) is 1. The van der Waals surface area contributed by atoms with Gasteiger partial charge in [-0.25, -0.2) is 4.98 Å². The number of morpholine rings is 1. The van der Waals surface area contributed by atoms with Crippen LogP contribution in [0.15, 0.2) is 23.6 Å². The summed E-state index contributed by atoms with van der Waals surface area (Å²) in [5, 5.41) is 16.0. The quantitative estimate of drug-likeness (QED) is 0.729. The number of anilines is 1. The standard InChI is InChI=1S/C17H20N6O2S/c1-10-6-23(7-11(2)25-10)8-13-9-26-17(18-13)19-16(24)12-3-4-14-15(5-12)21-22-20-14/h3-5,9-11H,6-8H2,1-2H3,(H,18,19,24)(H,20,21,22)/t10-,11+. The summed E-state index contributed by atoms with van der Waals surface area (Å²) in [6, 6.07) is 5.20. The number of H-pyrrole nitrogens is 1. The smallest absolute Gasteiger partial charge is 0.257 e. The number of carbonyl (C=O) groups is 1. The Morgan fingerprint density at radius 2 is 2.08 bits per heavy atom. The molecule has 136 valence electrons. The van der Waals surface area contributed by atoms with E-state index in [2.05, 4.69) is 44.5 Å². The summed E-state index contributed by atoms with van der Waals surface area (Å²) in [6.45, 7) is 6.71. The molecular weight excluding hydrogens is 352 g/mol. The maximum atomic E-state index is 12.4. The molecule has 0 spiro atoms. The van der Waals surface area contributed by atoms with Crippen LogP contribution < -0.4 is 5.32 Å². The number of nitrogens with one attached hydrogen (secondary N) is 2. The number of fused-ring (bicyclic) bond motifs is 1. The van der Waals surface area contributed by atoms with E-state index in [0.717, 1.165) is 30.8 Å². The van der Waals surface area contributed by atoms with Crippen molar-refractivity contribution in [3.63, 3.8) is 0 Å². The molecule has 0 saturated carbocycles. The molecule has 3 heterocycles. The van der Waals surface area contributed by atoms with E-state index in [1.165, 1.54) is 11.3 Å². The van der Waals surface area contributed by atoms with Crippen LogP contribution in [0.1, 0.15) is 29.9 Å². The Hall–Kier alpha value is -2.36. The third-order valence-corrected chi connectivity index (χ3v) is 5.04. The van der Waals surface area contributed by atoms with Crippen molar-refractivity contribution in [2.24, 2.45) is 0 Å². The maximum absolute atomic E-state index is 12.4. The van der Waals surface area contributed by atoms with Crippen LogP contribution in [0, 0.1) is 0 Å². The Morgan fingerprint density at radius 3 is 2.88 bits per heavy atom. The van der Waals surface area contributed by atoms with Crippen LogP contribution >= 0.6 is 11.3 Å². The first-order valence-electron chi connectivity index (χ1n) is 8.51. The second-order valence-electron chi connectivity index (χ2n) is 6.58. The molecule has 1 aliphatic rings. The lowest BCUT2D eigenvalue weighted by Crippen LogP contribution is -2.44. The first kappa shape index (κ1) is 17.1. The number of amides is 1. The highest BCUT2D eigenvalue weighted by Gasteiger charge is 2.22. The molecule has 1 saturated heterocycles. The molecule has 1 fully saturated rings. The summed E-state index contributed by atoms with van der Waals surface area (Å²) in [7, 11) is 0. The molecule has 1 amide bonds. The fourth-order valence-electron chi connectivity index (χ4n) is 3.23. The highest BCUT2D eigenvalue weighted by Crippen LogP contribution is 2.20. The Bertz CT molecular complexity index is 913. The van der Waals surface area contributed by atoms with Crippen molar-refractivity contribution >= 4 is 33.4 Å². The first-order chi connectivity index (χ1) is 12.6.